The van der Waals surface area contributed by atoms with Gasteiger partial charge in [-0.15, -0.1) is 0 Å². The van der Waals surface area contributed by atoms with Gasteiger partial charge < -0.3 is 14.6 Å². The van der Waals surface area contributed by atoms with Crippen molar-refractivity contribution in [3.63, 3.8) is 0 Å². The summed E-state index contributed by atoms with van der Waals surface area (Å²) in [6, 6.07) is 11.0. The van der Waals surface area contributed by atoms with Crippen LogP contribution in [-0.2, 0) is 17.4 Å². The zero-order valence-electron chi connectivity index (χ0n) is 12.7. The molecule has 0 bridgehead atoms. The van der Waals surface area contributed by atoms with E-state index >= 15 is 0 Å². The Morgan fingerprint density at radius 3 is 2.38 bits per heavy atom. The molecule has 0 fully saturated rings. The van der Waals surface area contributed by atoms with Crippen LogP contribution in [0, 0.1) is 0 Å². The molecule has 0 saturated heterocycles. The number of carboxylic acids is 1. The lowest BCUT2D eigenvalue weighted by Gasteiger charge is -2.17. The van der Waals surface area contributed by atoms with Crippen LogP contribution in [0.1, 0.15) is 11.1 Å². The van der Waals surface area contributed by atoms with Gasteiger partial charge in [-0.2, -0.15) is 13.2 Å². The van der Waals surface area contributed by atoms with E-state index in [2.05, 4.69) is 0 Å². The van der Waals surface area contributed by atoms with E-state index in [1.54, 1.807) is 18.2 Å². The number of methoxy groups -OCH3 is 1. The van der Waals surface area contributed by atoms with E-state index in [-0.39, 0.29) is 17.7 Å². The van der Waals surface area contributed by atoms with Gasteiger partial charge in [0.05, 0.1) is 12.7 Å². The van der Waals surface area contributed by atoms with E-state index in [1.165, 1.54) is 25.3 Å². The summed E-state index contributed by atoms with van der Waals surface area (Å²) in [5, 5.41) is 9.30. The van der Waals surface area contributed by atoms with Crippen LogP contribution < -0.4 is 9.47 Å². The highest BCUT2D eigenvalue weighted by atomic mass is 19.4. The van der Waals surface area contributed by atoms with Crippen molar-refractivity contribution < 1.29 is 32.5 Å². The van der Waals surface area contributed by atoms with Gasteiger partial charge in [-0.1, -0.05) is 30.3 Å². The van der Waals surface area contributed by atoms with Crippen LogP contribution in [0.3, 0.4) is 0 Å². The van der Waals surface area contributed by atoms with E-state index in [0.717, 1.165) is 12.1 Å². The van der Waals surface area contributed by atoms with Crippen LogP contribution in [0.5, 0.6) is 11.5 Å². The molecule has 0 aliphatic heterocycles. The second-order valence-corrected chi connectivity index (χ2v) is 5.00. The lowest BCUT2D eigenvalue weighted by atomic mass is 10.0. The summed E-state index contributed by atoms with van der Waals surface area (Å²) >= 11 is 0. The molecule has 0 radical (unpaired) electrons. The lowest BCUT2D eigenvalue weighted by molar-refractivity contribution is -0.145. The zero-order valence-corrected chi connectivity index (χ0v) is 12.7. The van der Waals surface area contributed by atoms with Crippen LogP contribution in [0.4, 0.5) is 13.2 Å². The third-order valence-electron chi connectivity index (χ3n) is 3.29. The fourth-order valence-corrected chi connectivity index (χ4v) is 2.14. The number of para-hydroxylation sites is 2. The van der Waals surface area contributed by atoms with Gasteiger partial charge in [0.25, 0.3) is 0 Å². The van der Waals surface area contributed by atoms with Crippen molar-refractivity contribution in [1.82, 2.24) is 0 Å². The van der Waals surface area contributed by atoms with Crippen molar-refractivity contribution in [2.24, 2.45) is 0 Å². The minimum Gasteiger partial charge on any atom is -0.493 e. The number of halogens is 3. The molecule has 2 rings (SSSR count). The molecule has 0 saturated carbocycles. The number of benzene rings is 2. The van der Waals surface area contributed by atoms with E-state index in [9.17, 15) is 23.1 Å². The van der Waals surface area contributed by atoms with Gasteiger partial charge in [-0.05, 0) is 23.8 Å². The van der Waals surface area contributed by atoms with E-state index in [4.69, 9.17) is 9.47 Å². The minimum absolute atomic E-state index is 0.208. The molecule has 4 nitrogen and oxygen atoms in total. The fraction of sp³-hybridized carbons (Fsp3) is 0.235. The van der Waals surface area contributed by atoms with Crippen molar-refractivity contribution in [2.75, 3.05) is 7.11 Å². The summed E-state index contributed by atoms with van der Waals surface area (Å²) in [5.74, 6) is -0.731. The first-order valence-corrected chi connectivity index (χ1v) is 7.00. The maximum absolute atomic E-state index is 12.7. The molecule has 1 atom stereocenters. The second kappa shape index (κ2) is 7.25. The van der Waals surface area contributed by atoms with E-state index < -0.39 is 23.8 Å². The Morgan fingerprint density at radius 2 is 1.79 bits per heavy atom. The molecule has 1 unspecified atom stereocenters. The van der Waals surface area contributed by atoms with Crippen LogP contribution >= 0.6 is 0 Å². The maximum atomic E-state index is 12.7. The van der Waals surface area contributed by atoms with E-state index in [1.807, 2.05) is 0 Å². The first kappa shape index (κ1) is 17.7. The Bertz CT molecular complexity index is 713. The highest BCUT2D eigenvalue weighted by molar-refractivity contribution is 5.73. The number of alkyl halides is 3. The summed E-state index contributed by atoms with van der Waals surface area (Å²) in [4.78, 5) is 11.4. The van der Waals surface area contributed by atoms with Gasteiger partial charge >= 0.3 is 12.1 Å². The number of carboxylic acid groups (broad SMARTS) is 1. The minimum atomic E-state index is -4.49. The SMILES string of the molecule is COc1ccccc1OC(Cc1cccc(C(F)(F)F)c1)C(=O)O. The second-order valence-electron chi connectivity index (χ2n) is 5.00. The van der Waals surface area contributed by atoms with Crippen LogP contribution in [0.25, 0.3) is 0 Å². The smallest absolute Gasteiger partial charge is 0.416 e. The first-order chi connectivity index (χ1) is 11.3. The molecule has 0 aliphatic rings. The number of hydrogen-bond acceptors (Lipinski definition) is 3. The molecule has 1 N–H and O–H groups in total. The van der Waals surface area contributed by atoms with Gasteiger partial charge in [-0.3, -0.25) is 0 Å². The van der Waals surface area contributed by atoms with Gasteiger partial charge in [0.15, 0.2) is 17.6 Å². The summed E-state index contributed by atoms with van der Waals surface area (Å²) in [6.07, 6.45) is -6.04. The first-order valence-electron chi connectivity index (χ1n) is 7.00. The number of ether oxygens (including phenoxy) is 2. The summed E-state index contributed by atoms with van der Waals surface area (Å²) in [5.41, 5.74) is -0.617. The van der Waals surface area contributed by atoms with Gasteiger partial charge in [0.2, 0.25) is 0 Å². The average Bonchev–Trinajstić information content (AvgIpc) is 2.54. The number of rotatable bonds is 6. The molecule has 0 amide bonds. The average molecular weight is 340 g/mol. The third kappa shape index (κ3) is 4.41. The van der Waals surface area contributed by atoms with Crippen molar-refractivity contribution in [1.29, 1.82) is 0 Å². The molecule has 0 aromatic heterocycles. The van der Waals surface area contributed by atoms with Gasteiger partial charge in [-0.25, -0.2) is 4.79 Å². The molecule has 7 heteroatoms. The number of carbonyl (C=O) groups is 1. The lowest BCUT2D eigenvalue weighted by Crippen LogP contribution is -2.29. The predicted molar refractivity (Wildman–Crippen MR) is 80.2 cm³/mol. The highest BCUT2D eigenvalue weighted by Gasteiger charge is 2.31. The molecule has 0 spiro atoms. The highest BCUT2D eigenvalue weighted by Crippen LogP contribution is 2.31. The summed E-state index contributed by atoms with van der Waals surface area (Å²) < 4.78 is 48.7. The Hall–Kier alpha value is -2.70. The molecule has 2 aromatic carbocycles. The number of hydrogen-bond donors (Lipinski definition) is 1. The maximum Gasteiger partial charge on any atom is 0.416 e. The van der Waals surface area contributed by atoms with Crippen molar-refractivity contribution in [3.8, 4) is 11.5 Å². The van der Waals surface area contributed by atoms with Crippen LogP contribution in [0.15, 0.2) is 48.5 Å². The third-order valence-corrected chi connectivity index (χ3v) is 3.29. The van der Waals surface area contributed by atoms with E-state index in [0.29, 0.717) is 5.75 Å². The predicted octanol–water partition coefficient (Wildman–Crippen LogP) is 3.79. The van der Waals surface area contributed by atoms with Crippen LogP contribution in [0.2, 0.25) is 0 Å². The summed E-state index contributed by atoms with van der Waals surface area (Å²) in [7, 11) is 1.41. The monoisotopic (exact) mass is 340 g/mol. The molecule has 0 heterocycles. The molecule has 24 heavy (non-hydrogen) atoms. The van der Waals surface area contributed by atoms with Crippen molar-refractivity contribution in [2.45, 2.75) is 18.7 Å². The van der Waals surface area contributed by atoms with Crippen molar-refractivity contribution >= 4 is 5.97 Å². The normalized spacial score (nSPS) is 12.5. The Labute approximate surface area is 136 Å². The van der Waals surface area contributed by atoms with Gasteiger partial charge in [0, 0.05) is 6.42 Å². The van der Waals surface area contributed by atoms with Crippen LogP contribution in [-0.4, -0.2) is 24.3 Å². The molecular weight excluding hydrogens is 325 g/mol. The zero-order chi connectivity index (χ0) is 17.7. The topological polar surface area (TPSA) is 55.8 Å². The molecule has 2 aromatic rings. The number of aliphatic carboxylic acids is 1. The summed E-state index contributed by atoms with van der Waals surface area (Å²) in [6.45, 7) is 0. The fourth-order valence-electron chi connectivity index (χ4n) is 2.14. The van der Waals surface area contributed by atoms with Gasteiger partial charge in [0.1, 0.15) is 0 Å². The molecule has 0 aliphatic carbocycles. The molecule has 128 valence electrons. The Kier molecular flexibility index (Phi) is 5.33. The Balaban J connectivity index is 2.22. The standard InChI is InChI=1S/C17H15F3O4/c1-23-13-7-2-3-8-14(13)24-15(16(21)22)10-11-5-4-6-12(9-11)17(18,19)20/h2-9,15H,10H2,1H3,(H,21,22). The Morgan fingerprint density at radius 1 is 1.12 bits per heavy atom. The quantitative estimate of drug-likeness (QED) is 0.869. The molecular formula is C17H15F3O4. The van der Waals surface area contributed by atoms with Crippen molar-refractivity contribution in [3.05, 3.63) is 59.7 Å². The largest absolute Gasteiger partial charge is 0.493 e.